The van der Waals surface area contributed by atoms with Crippen LogP contribution in [0.5, 0.6) is 11.5 Å². The summed E-state index contributed by atoms with van der Waals surface area (Å²) in [5.41, 5.74) is 5.69. The zero-order valence-corrected chi connectivity index (χ0v) is 23.7. The van der Waals surface area contributed by atoms with Gasteiger partial charge in [0.2, 0.25) is 0 Å². The van der Waals surface area contributed by atoms with Crippen LogP contribution in [0.2, 0.25) is 0 Å². The average Bonchev–Trinajstić information content (AvgIpc) is 2.85. The van der Waals surface area contributed by atoms with Crippen LogP contribution in [0, 0.1) is 0 Å². The number of hydrogen-bond acceptors (Lipinski definition) is 8. The van der Waals surface area contributed by atoms with Gasteiger partial charge < -0.3 is 20.3 Å². The summed E-state index contributed by atoms with van der Waals surface area (Å²) in [6.45, 7) is 0. The SMILES string of the molecule is Nc1c(S(=O)(=O)[O-])cc(Nc2ccc(Oc3ccc(Br)cc3)cc2)c2c1C(=O)c1ccccc1C2=O.[Na+]. The van der Waals surface area contributed by atoms with Gasteiger partial charge in [0.15, 0.2) is 11.6 Å². The van der Waals surface area contributed by atoms with E-state index in [1.54, 1.807) is 48.5 Å². The molecular formula is C26H16BrN2NaO6S. The third-order valence-corrected chi connectivity index (χ3v) is 7.06. The van der Waals surface area contributed by atoms with Crippen molar-refractivity contribution in [1.29, 1.82) is 0 Å². The molecule has 0 amide bonds. The van der Waals surface area contributed by atoms with E-state index in [0.29, 0.717) is 17.2 Å². The fourth-order valence-corrected chi connectivity index (χ4v) is 4.90. The summed E-state index contributed by atoms with van der Waals surface area (Å²) in [4.78, 5) is 25.8. The van der Waals surface area contributed by atoms with Gasteiger partial charge in [0, 0.05) is 21.3 Å². The minimum Gasteiger partial charge on any atom is -0.744 e. The van der Waals surface area contributed by atoms with E-state index in [1.807, 2.05) is 12.1 Å². The molecule has 0 spiro atoms. The largest absolute Gasteiger partial charge is 1.00 e. The third-order valence-electron chi connectivity index (χ3n) is 5.65. The number of benzene rings is 4. The molecule has 0 unspecified atom stereocenters. The number of fused-ring (bicyclic) bond motifs is 2. The standard InChI is InChI=1S/C26H17BrN2O6S.Na/c27-14-5-9-16(10-6-14)35-17-11-7-15(8-12-17)29-20-13-21(36(32,33)34)24(28)23-22(20)25(30)18-3-1-2-4-19(18)26(23)31;/h1-13,29H,28H2,(H,32,33,34);/q;+1/p-1. The normalized spacial score (nSPS) is 12.3. The minimum atomic E-state index is -5.05. The van der Waals surface area contributed by atoms with Gasteiger partial charge in [-0.1, -0.05) is 40.2 Å². The van der Waals surface area contributed by atoms with Gasteiger partial charge in [-0.05, 0) is 54.6 Å². The van der Waals surface area contributed by atoms with Gasteiger partial charge in [0.25, 0.3) is 0 Å². The predicted octanol–water partition coefficient (Wildman–Crippen LogP) is 2.25. The summed E-state index contributed by atoms with van der Waals surface area (Å²) in [6, 6.07) is 21.0. The number of nitrogens with two attached hydrogens (primary N) is 1. The van der Waals surface area contributed by atoms with E-state index in [-0.39, 0.29) is 57.5 Å². The number of carbonyl (C=O) groups excluding carboxylic acids is 2. The molecule has 0 atom stereocenters. The fourth-order valence-electron chi connectivity index (χ4n) is 4.00. The summed E-state index contributed by atoms with van der Waals surface area (Å²) < 4.78 is 42.5. The van der Waals surface area contributed by atoms with Crippen molar-refractivity contribution in [2.24, 2.45) is 0 Å². The van der Waals surface area contributed by atoms with E-state index in [2.05, 4.69) is 21.2 Å². The van der Waals surface area contributed by atoms with Crippen molar-refractivity contribution in [2.75, 3.05) is 11.1 Å². The van der Waals surface area contributed by atoms with Crippen molar-refractivity contribution < 1.29 is 56.9 Å². The molecule has 0 radical (unpaired) electrons. The summed E-state index contributed by atoms with van der Waals surface area (Å²) in [5, 5.41) is 2.96. The molecule has 0 bridgehead atoms. The van der Waals surface area contributed by atoms with Crippen molar-refractivity contribution in [2.45, 2.75) is 4.90 Å². The number of ether oxygens (including phenoxy) is 1. The van der Waals surface area contributed by atoms with Crippen LogP contribution in [-0.4, -0.2) is 24.5 Å². The number of nitrogen functional groups attached to an aromatic ring is 1. The molecule has 1 aliphatic carbocycles. The minimum absolute atomic E-state index is 0. The monoisotopic (exact) mass is 586 g/mol. The van der Waals surface area contributed by atoms with Crippen molar-refractivity contribution in [1.82, 2.24) is 0 Å². The third kappa shape index (κ3) is 5.22. The number of carbonyl (C=O) groups is 2. The number of ketones is 2. The predicted molar refractivity (Wildman–Crippen MR) is 136 cm³/mol. The number of nitrogens with one attached hydrogen (secondary N) is 1. The maximum Gasteiger partial charge on any atom is 1.00 e. The van der Waals surface area contributed by atoms with Crippen LogP contribution in [-0.2, 0) is 10.1 Å². The first-order chi connectivity index (χ1) is 17.1. The Morgan fingerprint density at radius 1 is 0.811 bits per heavy atom. The first kappa shape index (κ1) is 27.1. The Balaban J connectivity index is 0.00000320. The zero-order valence-electron chi connectivity index (χ0n) is 19.3. The zero-order chi connectivity index (χ0) is 25.6. The molecule has 0 fully saturated rings. The average molecular weight is 587 g/mol. The van der Waals surface area contributed by atoms with Gasteiger partial charge in [0.05, 0.1) is 27.4 Å². The topological polar surface area (TPSA) is 139 Å². The van der Waals surface area contributed by atoms with E-state index < -0.39 is 32.3 Å². The van der Waals surface area contributed by atoms with Crippen LogP contribution >= 0.6 is 15.9 Å². The smallest absolute Gasteiger partial charge is 0.744 e. The Morgan fingerprint density at radius 2 is 1.32 bits per heavy atom. The van der Waals surface area contributed by atoms with Crippen LogP contribution < -0.4 is 45.3 Å². The van der Waals surface area contributed by atoms with E-state index in [1.165, 1.54) is 12.1 Å². The summed E-state index contributed by atoms with van der Waals surface area (Å²) in [6.07, 6.45) is 0. The Morgan fingerprint density at radius 3 is 1.86 bits per heavy atom. The molecular weight excluding hydrogens is 571 g/mol. The molecule has 0 aliphatic heterocycles. The van der Waals surface area contributed by atoms with Crippen molar-refractivity contribution >= 4 is 54.7 Å². The fraction of sp³-hybridized carbons (Fsp3) is 0. The van der Waals surface area contributed by atoms with Gasteiger partial charge in [-0.25, -0.2) is 8.42 Å². The molecule has 4 aromatic carbocycles. The van der Waals surface area contributed by atoms with Crippen molar-refractivity contribution in [3.63, 3.8) is 0 Å². The molecule has 0 aromatic heterocycles. The van der Waals surface area contributed by atoms with E-state index in [9.17, 15) is 22.6 Å². The quantitative estimate of drug-likeness (QED) is 0.182. The van der Waals surface area contributed by atoms with Gasteiger partial charge in [-0.2, -0.15) is 0 Å². The molecule has 1 aliphatic rings. The molecule has 0 saturated carbocycles. The van der Waals surface area contributed by atoms with Crippen LogP contribution in [0.4, 0.5) is 17.1 Å². The number of rotatable bonds is 5. The summed E-state index contributed by atoms with van der Waals surface area (Å²) >= 11 is 3.36. The Labute approximate surface area is 243 Å². The van der Waals surface area contributed by atoms with Crippen molar-refractivity contribution in [3.05, 3.63) is 106 Å². The first-order valence-corrected chi connectivity index (χ1v) is 12.7. The Kier molecular flexibility index (Phi) is 7.61. The van der Waals surface area contributed by atoms with Crippen LogP contribution in [0.3, 0.4) is 0 Å². The maximum absolute atomic E-state index is 13.4. The van der Waals surface area contributed by atoms with Crippen molar-refractivity contribution in [3.8, 4) is 11.5 Å². The molecule has 0 saturated heterocycles. The molecule has 3 N–H and O–H groups in total. The molecule has 5 rings (SSSR count). The second kappa shape index (κ2) is 10.4. The van der Waals surface area contributed by atoms with E-state index in [0.717, 1.165) is 10.5 Å². The van der Waals surface area contributed by atoms with Crippen LogP contribution in [0.25, 0.3) is 0 Å². The molecule has 37 heavy (non-hydrogen) atoms. The summed E-state index contributed by atoms with van der Waals surface area (Å²) in [7, 11) is -5.05. The van der Waals surface area contributed by atoms with Gasteiger partial charge >= 0.3 is 29.6 Å². The second-order valence-electron chi connectivity index (χ2n) is 7.95. The Hall–Kier alpha value is -2.99. The number of hydrogen-bond donors (Lipinski definition) is 2. The maximum atomic E-state index is 13.4. The van der Waals surface area contributed by atoms with Crippen LogP contribution in [0.1, 0.15) is 31.8 Å². The number of anilines is 3. The number of halogens is 1. The Bertz CT molecular complexity index is 1660. The first-order valence-electron chi connectivity index (χ1n) is 10.5. The molecule has 11 heteroatoms. The molecule has 180 valence electrons. The summed E-state index contributed by atoms with van der Waals surface area (Å²) in [5.74, 6) is 0.00808. The van der Waals surface area contributed by atoms with E-state index in [4.69, 9.17) is 10.5 Å². The van der Waals surface area contributed by atoms with Crippen LogP contribution in [0.15, 0.2) is 88.2 Å². The molecule has 8 nitrogen and oxygen atoms in total. The van der Waals surface area contributed by atoms with Gasteiger partial charge in [-0.15, -0.1) is 0 Å². The van der Waals surface area contributed by atoms with E-state index >= 15 is 0 Å². The second-order valence-corrected chi connectivity index (χ2v) is 10.2. The van der Waals surface area contributed by atoms with Gasteiger partial charge in [0.1, 0.15) is 21.6 Å². The molecule has 0 heterocycles. The molecule has 4 aromatic rings. The van der Waals surface area contributed by atoms with Gasteiger partial charge in [-0.3, -0.25) is 9.59 Å².